The lowest BCUT2D eigenvalue weighted by atomic mass is 9.95. The summed E-state index contributed by atoms with van der Waals surface area (Å²) in [4.78, 5) is 12.0. The number of carbonyl (C=O) groups is 1. The summed E-state index contributed by atoms with van der Waals surface area (Å²) in [5.41, 5.74) is 2.15. The van der Waals surface area contributed by atoms with Gasteiger partial charge in [-0.3, -0.25) is 0 Å². The first kappa shape index (κ1) is 16.7. The van der Waals surface area contributed by atoms with Gasteiger partial charge in [-0.1, -0.05) is 72.7 Å². The van der Waals surface area contributed by atoms with Gasteiger partial charge in [-0.15, -0.1) is 0 Å². The number of hydrogen-bond acceptors (Lipinski definition) is 4. The van der Waals surface area contributed by atoms with Crippen molar-refractivity contribution in [3.8, 4) is 0 Å². The van der Waals surface area contributed by atoms with E-state index in [0.29, 0.717) is 12.8 Å². The van der Waals surface area contributed by atoms with Gasteiger partial charge >= 0.3 is 5.97 Å². The van der Waals surface area contributed by atoms with Gasteiger partial charge in [-0.25, -0.2) is 4.79 Å². The standard InChI is InChI=1S/C19H21NO3/c1-15(17-10-6-3-7-11-17)12-13-18(20-22)19(21)23-14-16-8-4-2-5-9-16/h2-11,15,22H,12-14H2,1H3. The molecule has 1 unspecified atom stereocenters. The molecule has 4 nitrogen and oxygen atoms in total. The lowest BCUT2D eigenvalue weighted by Gasteiger charge is -2.12. The molecule has 0 aliphatic rings. The van der Waals surface area contributed by atoms with Crippen LogP contribution in [0.4, 0.5) is 0 Å². The molecule has 2 aromatic carbocycles. The van der Waals surface area contributed by atoms with Crippen molar-refractivity contribution in [2.45, 2.75) is 32.3 Å². The van der Waals surface area contributed by atoms with Crippen molar-refractivity contribution in [2.75, 3.05) is 0 Å². The van der Waals surface area contributed by atoms with Crippen LogP contribution >= 0.6 is 0 Å². The minimum Gasteiger partial charge on any atom is -0.456 e. The highest BCUT2D eigenvalue weighted by molar-refractivity contribution is 6.36. The molecule has 0 spiro atoms. The number of esters is 1. The van der Waals surface area contributed by atoms with Gasteiger partial charge in [0.2, 0.25) is 0 Å². The Kier molecular flexibility index (Phi) is 6.36. The molecule has 23 heavy (non-hydrogen) atoms. The van der Waals surface area contributed by atoms with Crippen molar-refractivity contribution in [1.29, 1.82) is 0 Å². The van der Waals surface area contributed by atoms with Crippen LogP contribution in [-0.4, -0.2) is 16.9 Å². The molecule has 2 aromatic rings. The van der Waals surface area contributed by atoms with Crippen LogP contribution < -0.4 is 0 Å². The predicted octanol–water partition coefficient (Wildman–Crippen LogP) is 4.14. The third kappa shape index (κ3) is 5.25. The van der Waals surface area contributed by atoms with Crippen LogP contribution in [0.3, 0.4) is 0 Å². The van der Waals surface area contributed by atoms with E-state index in [1.807, 2.05) is 60.7 Å². The number of ether oxygens (including phenoxy) is 1. The van der Waals surface area contributed by atoms with Gasteiger partial charge in [0, 0.05) is 6.42 Å². The molecule has 0 aliphatic carbocycles. The molecule has 0 bridgehead atoms. The van der Waals surface area contributed by atoms with Crippen LogP contribution in [0.5, 0.6) is 0 Å². The molecule has 0 amide bonds. The van der Waals surface area contributed by atoms with Crippen LogP contribution in [0.25, 0.3) is 0 Å². The molecule has 0 saturated carbocycles. The normalized spacial score (nSPS) is 12.7. The first-order valence-corrected chi connectivity index (χ1v) is 7.67. The number of carbonyl (C=O) groups excluding carboxylic acids is 1. The average molecular weight is 311 g/mol. The van der Waals surface area contributed by atoms with Crippen LogP contribution in [-0.2, 0) is 16.1 Å². The van der Waals surface area contributed by atoms with Gasteiger partial charge in [0.05, 0.1) is 0 Å². The number of rotatable bonds is 7. The minimum atomic E-state index is -0.573. The Labute approximate surface area is 136 Å². The van der Waals surface area contributed by atoms with Crippen molar-refractivity contribution in [2.24, 2.45) is 5.16 Å². The third-order valence-electron chi connectivity index (χ3n) is 3.75. The summed E-state index contributed by atoms with van der Waals surface area (Å²) < 4.78 is 5.19. The van der Waals surface area contributed by atoms with Gasteiger partial charge in [-0.2, -0.15) is 0 Å². The predicted molar refractivity (Wildman–Crippen MR) is 89.6 cm³/mol. The van der Waals surface area contributed by atoms with Crippen molar-refractivity contribution in [3.05, 3.63) is 71.8 Å². The molecule has 0 aliphatic heterocycles. The summed E-state index contributed by atoms with van der Waals surface area (Å²) in [5.74, 6) is -0.300. The zero-order valence-electron chi connectivity index (χ0n) is 13.2. The summed E-state index contributed by atoms with van der Waals surface area (Å²) >= 11 is 0. The zero-order valence-corrected chi connectivity index (χ0v) is 13.2. The van der Waals surface area contributed by atoms with E-state index in [1.54, 1.807) is 0 Å². The monoisotopic (exact) mass is 311 g/mol. The van der Waals surface area contributed by atoms with Crippen molar-refractivity contribution < 1.29 is 14.7 Å². The van der Waals surface area contributed by atoms with Gasteiger partial charge in [0.1, 0.15) is 6.61 Å². The lowest BCUT2D eigenvalue weighted by Crippen LogP contribution is -2.18. The van der Waals surface area contributed by atoms with Crippen LogP contribution in [0.15, 0.2) is 65.8 Å². The summed E-state index contributed by atoms with van der Waals surface area (Å²) in [7, 11) is 0. The van der Waals surface area contributed by atoms with E-state index < -0.39 is 5.97 Å². The molecule has 1 N–H and O–H groups in total. The zero-order chi connectivity index (χ0) is 16.5. The van der Waals surface area contributed by atoms with Gasteiger partial charge in [-0.05, 0) is 23.5 Å². The maximum absolute atomic E-state index is 12.0. The van der Waals surface area contributed by atoms with Crippen molar-refractivity contribution in [1.82, 2.24) is 0 Å². The van der Waals surface area contributed by atoms with E-state index in [9.17, 15) is 4.79 Å². The van der Waals surface area contributed by atoms with Crippen LogP contribution in [0, 0.1) is 0 Å². The van der Waals surface area contributed by atoms with E-state index in [4.69, 9.17) is 9.94 Å². The molecular formula is C19H21NO3. The van der Waals surface area contributed by atoms with Crippen molar-refractivity contribution >= 4 is 11.7 Å². The van der Waals surface area contributed by atoms with Crippen LogP contribution in [0.2, 0.25) is 0 Å². The quantitative estimate of drug-likeness (QED) is 0.362. The Balaban J connectivity index is 1.84. The fraction of sp³-hybridized carbons (Fsp3) is 0.263. The number of hydrogen-bond donors (Lipinski definition) is 1. The first-order valence-electron chi connectivity index (χ1n) is 7.67. The van der Waals surface area contributed by atoms with Gasteiger partial charge in [0.15, 0.2) is 5.71 Å². The second-order valence-electron chi connectivity index (χ2n) is 5.46. The summed E-state index contributed by atoms with van der Waals surface area (Å²) in [6.45, 7) is 2.26. The molecule has 0 fully saturated rings. The highest BCUT2D eigenvalue weighted by Crippen LogP contribution is 2.20. The van der Waals surface area contributed by atoms with E-state index in [1.165, 1.54) is 5.56 Å². The number of benzene rings is 2. The highest BCUT2D eigenvalue weighted by atomic mass is 16.5. The largest absolute Gasteiger partial charge is 0.456 e. The minimum absolute atomic E-state index is 0.0590. The summed E-state index contributed by atoms with van der Waals surface area (Å²) in [6.07, 6.45) is 1.09. The van der Waals surface area contributed by atoms with Crippen molar-refractivity contribution in [3.63, 3.8) is 0 Å². The van der Waals surface area contributed by atoms with Gasteiger partial charge < -0.3 is 9.94 Å². The van der Waals surface area contributed by atoms with Crippen LogP contribution in [0.1, 0.15) is 36.8 Å². The highest BCUT2D eigenvalue weighted by Gasteiger charge is 2.16. The number of nitrogens with zero attached hydrogens (tertiary/aromatic N) is 1. The van der Waals surface area contributed by atoms with E-state index in [-0.39, 0.29) is 18.2 Å². The van der Waals surface area contributed by atoms with E-state index in [2.05, 4.69) is 12.1 Å². The molecular weight excluding hydrogens is 290 g/mol. The average Bonchev–Trinajstić information content (AvgIpc) is 2.62. The second kappa shape index (κ2) is 8.73. The molecule has 4 heteroatoms. The maximum Gasteiger partial charge on any atom is 0.356 e. The summed E-state index contributed by atoms with van der Waals surface area (Å²) in [5, 5.41) is 12.2. The molecule has 0 saturated heterocycles. The third-order valence-corrected chi connectivity index (χ3v) is 3.75. The molecule has 0 heterocycles. The second-order valence-corrected chi connectivity index (χ2v) is 5.46. The fourth-order valence-corrected chi connectivity index (χ4v) is 2.30. The lowest BCUT2D eigenvalue weighted by molar-refractivity contribution is -0.137. The topological polar surface area (TPSA) is 58.9 Å². The Morgan fingerprint density at radius 1 is 1.09 bits per heavy atom. The summed E-state index contributed by atoms with van der Waals surface area (Å²) in [6, 6.07) is 19.5. The van der Waals surface area contributed by atoms with E-state index in [0.717, 1.165) is 5.56 Å². The Hall–Kier alpha value is -2.62. The molecule has 0 aromatic heterocycles. The Morgan fingerprint density at radius 2 is 1.70 bits per heavy atom. The maximum atomic E-state index is 12.0. The molecule has 2 rings (SSSR count). The molecule has 120 valence electrons. The Bertz CT molecular complexity index is 638. The van der Waals surface area contributed by atoms with E-state index >= 15 is 0 Å². The molecule has 0 radical (unpaired) electrons. The smallest absolute Gasteiger partial charge is 0.356 e. The first-order chi connectivity index (χ1) is 11.2. The number of oxime groups is 1. The SMILES string of the molecule is CC(CCC(=NO)C(=O)OCc1ccccc1)c1ccccc1. The molecule has 1 atom stereocenters. The fourth-order valence-electron chi connectivity index (χ4n) is 2.30. The Morgan fingerprint density at radius 3 is 2.30 bits per heavy atom. The van der Waals surface area contributed by atoms with Gasteiger partial charge in [0.25, 0.3) is 0 Å².